The molecular formula is C13H23N3O2. The van der Waals surface area contributed by atoms with Crippen molar-refractivity contribution in [3.63, 3.8) is 0 Å². The predicted molar refractivity (Wildman–Crippen MR) is 70.6 cm³/mol. The van der Waals surface area contributed by atoms with Crippen molar-refractivity contribution in [2.45, 2.75) is 39.8 Å². The molecule has 102 valence electrons. The van der Waals surface area contributed by atoms with Crippen molar-refractivity contribution >= 4 is 0 Å². The van der Waals surface area contributed by atoms with E-state index < -0.39 is 0 Å². The van der Waals surface area contributed by atoms with E-state index in [0.29, 0.717) is 19.1 Å². The summed E-state index contributed by atoms with van der Waals surface area (Å²) in [4.78, 5) is 8.52. The Morgan fingerprint density at radius 3 is 2.72 bits per heavy atom. The molecule has 0 spiro atoms. The molecule has 1 aromatic rings. The lowest BCUT2D eigenvalue weighted by Crippen LogP contribution is -2.20. The number of aromatic nitrogens is 2. The Hall–Kier alpha value is -1.20. The number of nitrogens with zero attached hydrogens (tertiary/aromatic N) is 2. The van der Waals surface area contributed by atoms with E-state index in [1.165, 1.54) is 0 Å². The molecule has 0 saturated carbocycles. The highest BCUT2D eigenvalue weighted by Crippen LogP contribution is 2.07. The van der Waals surface area contributed by atoms with Crippen molar-refractivity contribution in [1.82, 2.24) is 15.3 Å². The predicted octanol–water partition coefficient (Wildman–Crippen LogP) is 1.78. The van der Waals surface area contributed by atoms with Crippen LogP contribution < -0.4 is 10.1 Å². The molecule has 1 aromatic heterocycles. The van der Waals surface area contributed by atoms with E-state index in [2.05, 4.69) is 22.2 Å². The fourth-order valence-electron chi connectivity index (χ4n) is 1.41. The Labute approximate surface area is 109 Å². The highest BCUT2D eigenvalue weighted by molar-refractivity contribution is 5.07. The monoisotopic (exact) mass is 253 g/mol. The molecule has 0 fully saturated rings. The van der Waals surface area contributed by atoms with Gasteiger partial charge in [-0.25, -0.2) is 4.98 Å². The summed E-state index contributed by atoms with van der Waals surface area (Å²) in [5.41, 5.74) is 0.924. The van der Waals surface area contributed by atoms with Crippen molar-refractivity contribution in [1.29, 1.82) is 0 Å². The van der Waals surface area contributed by atoms with Crippen molar-refractivity contribution in [3.8, 4) is 5.88 Å². The van der Waals surface area contributed by atoms with Crippen LogP contribution in [0.4, 0.5) is 0 Å². The zero-order valence-electron chi connectivity index (χ0n) is 11.5. The molecule has 1 heterocycles. The highest BCUT2D eigenvalue weighted by Gasteiger charge is 2.05. The van der Waals surface area contributed by atoms with Gasteiger partial charge >= 0.3 is 0 Å². The van der Waals surface area contributed by atoms with Gasteiger partial charge in [0, 0.05) is 13.2 Å². The van der Waals surface area contributed by atoms with Crippen molar-refractivity contribution in [2.24, 2.45) is 0 Å². The van der Waals surface area contributed by atoms with Gasteiger partial charge in [-0.1, -0.05) is 6.92 Å². The van der Waals surface area contributed by atoms with Gasteiger partial charge in [-0.3, -0.25) is 4.98 Å². The number of ether oxygens (including phenoxy) is 2. The van der Waals surface area contributed by atoms with Crippen LogP contribution in [0.2, 0.25) is 0 Å². The number of nitrogens with one attached hydrogen (secondary N) is 1. The molecule has 1 rings (SSSR count). The largest absolute Gasteiger partial charge is 0.471 e. The second-order valence-corrected chi connectivity index (χ2v) is 4.11. The van der Waals surface area contributed by atoms with Gasteiger partial charge in [0.05, 0.1) is 24.7 Å². The first kappa shape index (κ1) is 14.9. The summed E-state index contributed by atoms with van der Waals surface area (Å²) in [5.74, 6) is 0.543. The van der Waals surface area contributed by atoms with Crippen molar-refractivity contribution in [2.75, 3.05) is 19.8 Å². The molecule has 5 nitrogen and oxygen atoms in total. The molecule has 0 aliphatic carbocycles. The maximum absolute atomic E-state index is 5.58. The second kappa shape index (κ2) is 8.83. The lowest BCUT2D eigenvalue weighted by atomic mass is 10.4. The van der Waals surface area contributed by atoms with Crippen LogP contribution in [0.3, 0.4) is 0 Å². The Bertz CT molecular complexity index is 317. The van der Waals surface area contributed by atoms with Crippen LogP contribution in [-0.4, -0.2) is 35.8 Å². The van der Waals surface area contributed by atoms with Crippen LogP contribution >= 0.6 is 0 Å². The molecule has 0 bridgehead atoms. The molecule has 1 atom stereocenters. The molecule has 0 aliphatic heterocycles. The normalized spacial score (nSPS) is 12.4. The highest BCUT2D eigenvalue weighted by atomic mass is 16.5. The molecule has 0 radical (unpaired) electrons. The molecule has 0 saturated heterocycles. The SMILES string of the molecule is CCCNCc1cnc(OC(C)COCC)cn1. The van der Waals surface area contributed by atoms with E-state index in [1.807, 2.05) is 13.8 Å². The van der Waals surface area contributed by atoms with E-state index in [-0.39, 0.29) is 6.10 Å². The van der Waals surface area contributed by atoms with Gasteiger partial charge in [-0.05, 0) is 26.8 Å². The third-order valence-corrected chi connectivity index (χ3v) is 2.29. The van der Waals surface area contributed by atoms with E-state index in [9.17, 15) is 0 Å². The Balaban J connectivity index is 2.35. The second-order valence-electron chi connectivity index (χ2n) is 4.11. The van der Waals surface area contributed by atoms with Crippen LogP contribution in [0.1, 0.15) is 32.9 Å². The molecular weight excluding hydrogens is 230 g/mol. The number of hydrogen-bond acceptors (Lipinski definition) is 5. The van der Waals surface area contributed by atoms with E-state index in [0.717, 1.165) is 25.2 Å². The maximum atomic E-state index is 5.58. The van der Waals surface area contributed by atoms with Crippen LogP contribution in [0.25, 0.3) is 0 Å². The van der Waals surface area contributed by atoms with Gasteiger partial charge < -0.3 is 14.8 Å². The van der Waals surface area contributed by atoms with E-state index in [4.69, 9.17) is 9.47 Å². The van der Waals surface area contributed by atoms with Crippen molar-refractivity contribution < 1.29 is 9.47 Å². The standard InChI is InChI=1S/C13H23N3O2/c1-4-6-14-7-12-8-16-13(9-15-12)18-11(3)10-17-5-2/h8-9,11,14H,4-7,10H2,1-3H3. The molecule has 5 heteroatoms. The summed E-state index contributed by atoms with van der Waals surface area (Å²) in [7, 11) is 0. The smallest absolute Gasteiger partial charge is 0.232 e. The number of rotatable bonds is 9. The van der Waals surface area contributed by atoms with Gasteiger partial charge in [-0.2, -0.15) is 0 Å². The topological polar surface area (TPSA) is 56.3 Å². The Morgan fingerprint density at radius 2 is 2.11 bits per heavy atom. The number of hydrogen-bond donors (Lipinski definition) is 1. The molecule has 1 unspecified atom stereocenters. The van der Waals surface area contributed by atoms with Crippen LogP contribution in [0, 0.1) is 0 Å². The van der Waals surface area contributed by atoms with Gasteiger partial charge in [0.25, 0.3) is 0 Å². The van der Waals surface area contributed by atoms with Crippen LogP contribution in [-0.2, 0) is 11.3 Å². The van der Waals surface area contributed by atoms with Crippen molar-refractivity contribution in [3.05, 3.63) is 18.1 Å². The summed E-state index contributed by atoms with van der Waals surface area (Å²) in [6.45, 7) is 9.05. The Morgan fingerprint density at radius 1 is 1.28 bits per heavy atom. The molecule has 0 aliphatic rings. The first-order valence-electron chi connectivity index (χ1n) is 6.52. The summed E-state index contributed by atoms with van der Waals surface area (Å²) in [6, 6.07) is 0. The first-order chi connectivity index (χ1) is 8.76. The minimum atomic E-state index is -0.0108. The van der Waals surface area contributed by atoms with Gasteiger partial charge in [0.2, 0.25) is 5.88 Å². The fourth-order valence-corrected chi connectivity index (χ4v) is 1.41. The summed E-state index contributed by atoms with van der Waals surface area (Å²) in [6.07, 6.45) is 4.50. The lowest BCUT2D eigenvalue weighted by molar-refractivity contribution is 0.0631. The fraction of sp³-hybridized carbons (Fsp3) is 0.692. The average molecular weight is 253 g/mol. The van der Waals surface area contributed by atoms with Crippen LogP contribution in [0.5, 0.6) is 5.88 Å². The van der Waals surface area contributed by atoms with Gasteiger partial charge in [0.1, 0.15) is 6.10 Å². The van der Waals surface area contributed by atoms with Gasteiger partial charge in [-0.15, -0.1) is 0 Å². The Kier molecular flexibility index (Phi) is 7.29. The lowest BCUT2D eigenvalue weighted by Gasteiger charge is -2.13. The zero-order valence-corrected chi connectivity index (χ0v) is 11.5. The molecule has 0 aromatic carbocycles. The molecule has 1 N–H and O–H groups in total. The van der Waals surface area contributed by atoms with Gasteiger partial charge in [0.15, 0.2) is 0 Å². The minimum absolute atomic E-state index is 0.0108. The van der Waals surface area contributed by atoms with Crippen LogP contribution in [0.15, 0.2) is 12.4 Å². The third-order valence-electron chi connectivity index (χ3n) is 2.29. The average Bonchev–Trinajstić information content (AvgIpc) is 2.39. The molecule has 18 heavy (non-hydrogen) atoms. The summed E-state index contributed by atoms with van der Waals surface area (Å²) in [5, 5.41) is 3.28. The summed E-state index contributed by atoms with van der Waals surface area (Å²) >= 11 is 0. The molecule has 0 amide bonds. The van der Waals surface area contributed by atoms with E-state index >= 15 is 0 Å². The summed E-state index contributed by atoms with van der Waals surface area (Å²) < 4.78 is 10.9. The minimum Gasteiger partial charge on any atom is -0.471 e. The first-order valence-corrected chi connectivity index (χ1v) is 6.52. The maximum Gasteiger partial charge on any atom is 0.232 e. The quantitative estimate of drug-likeness (QED) is 0.680. The zero-order chi connectivity index (χ0) is 13.2. The third kappa shape index (κ3) is 5.93. The van der Waals surface area contributed by atoms with E-state index in [1.54, 1.807) is 12.4 Å².